The molecule has 1 aliphatic carbocycles. The molecule has 1 fully saturated rings. The van der Waals surface area contributed by atoms with E-state index < -0.39 is 0 Å². The number of nitrogens with one attached hydrogen (secondary N) is 1. The average Bonchev–Trinajstić information content (AvgIpc) is 3.12. The summed E-state index contributed by atoms with van der Waals surface area (Å²) in [5.41, 5.74) is 5.29. The lowest BCUT2D eigenvalue weighted by molar-refractivity contribution is -0.120. The van der Waals surface area contributed by atoms with Crippen molar-refractivity contribution in [1.29, 1.82) is 0 Å². The molecule has 0 radical (unpaired) electrons. The number of imidazole rings is 1. The van der Waals surface area contributed by atoms with E-state index in [0.717, 1.165) is 65.6 Å². The van der Waals surface area contributed by atoms with Crippen LogP contribution in [0, 0.1) is 12.8 Å². The Labute approximate surface area is 182 Å². The number of carbonyl (C=O) groups is 1. The maximum absolute atomic E-state index is 12.6. The van der Waals surface area contributed by atoms with Gasteiger partial charge in [-0.25, -0.2) is 4.98 Å². The van der Waals surface area contributed by atoms with Crippen LogP contribution in [0.4, 0.5) is 11.4 Å². The quantitative estimate of drug-likeness (QED) is 0.603. The molecule has 0 spiro atoms. The minimum absolute atomic E-state index is 0.168. The fourth-order valence-corrected chi connectivity index (χ4v) is 4.96. The summed E-state index contributed by atoms with van der Waals surface area (Å²) < 4.78 is 2.29. The van der Waals surface area contributed by atoms with E-state index in [1.54, 1.807) is 0 Å². The van der Waals surface area contributed by atoms with Crippen LogP contribution in [0.2, 0.25) is 5.02 Å². The van der Waals surface area contributed by atoms with Crippen LogP contribution in [-0.4, -0.2) is 22.0 Å². The van der Waals surface area contributed by atoms with Gasteiger partial charge in [-0.15, -0.1) is 0 Å². The van der Waals surface area contributed by atoms with Crippen molar-refractivity contribution in [2.24, 2.45) is 5.92 Å². The van der Waals surface area contributed by atoms with E-state index in [-0.39, 0.29) is 11.8 Å². The number of rotatable bonds is 3. The van der Waals surface area contributed by atoms with Crippen LogP contribution >= 0.6 is 11.6 Å². The first-order valence-electron chi connectivity index (χ1n) is 10.9. The number of carbonyl (C=O) groups excluding carboxylic acids is 1. The van der Waals surface area contributed by atoms with E-state index in [4.69, 9.17) is 16.6 Å². The Morgan fingerprint density at radius 2 is 1.93 bits per heavy atom. The van der Waals surface area contributed by atoms with Crippen molar-refractivity contribution < 1.29 is 4.79 Å². The molecule has 5 nitrogen and oxygen atoms in total. The van der Waals surface area contributed by atoms with Gasteiger partial charge < -0.3 is 14.8 Å². The van der Waals surface area contributed by atoms with Gasteiger partial charge in [0, 0.05) is 35.4 Å². The van der Waals surface area contributed by atoms with Gasteiger partial charge in [-0.1, -0.05) is 30.9 Å². The molecule has 0 atom stereocenters. The largest absolute Gasteiger partial charge is 0.362 e. The first-order chi connectivity index (χ1) is 14.6. The smallest absolute Gasteiger partial charge is 0.227 e. The molecule has 3 aromatic rings. The van der Waals surface area contributed by atoms with Crippen LogP contribution in [0.5, 0.6) is 0 Å². The van der Waals surface area contributed by atoms with Crippen LogP contribution in [-0.2, 0) is 17.9 Å². The summed E-state index contributed by atoms with van der Waals surface area (Å²) >= 11 is 6.13. The number of halogens is 1. The lowest BCUT2D eigenvalue weighted by atomic mass is 9.88. The fourth-order valence-electron chi connectivity index (χ4n) is 4.80. The molecule has 30 heavy (non-hydrogen) atoms. The zero-order valence-electron chi connectivity index (χ0n) is 17.3. The number of aryl methyl sites for hydroxylation is 1. The molecule has 1 aliphatic heterocycles. The van der Waals surface area contributed by atoms with Crippen molar-refractivity contribution in [3.8, 4) is 0 Å². The van der Waals surface area contributed by atoms with E-state index in [1.807, 2.05) is 18.2 Å². The van der Waals surface area contributed by atoms with Crippen LogP contribution in [0.25, 0.3) is 11.0 Å². The average molecular weight is 423 g/mol. The van der Waals surface area contributed by atoms with Crippen LogP contribution < -0.4 is 10.2 Å². The SMILES string of the molecule is Cc1cc(N2CCn3c(nc4cc(Cl)ccc43)C2)ccc1NC(=O)C1CCCCC1. The highest BCUT2D eigenvalue weighted by atomic mass is 35.5. The first kappa shape index (κ1) is 19.4. The van der Waals surface area contributed by atoms with Crippen molar-refractivity contribution >= 4 is 39.9 Å². The Balaban J connectivity index is 1.32. The summed E-state index contributed by atoms with van der Waals surface area (Å²) in [4.78, 5) is 19.8. The molecule has 1 aromatic heterocycles. The first-order valence-corrected chi connectivity index (χ1v) is 11.3. The predicted octanol–water partition coefficient (Wildman–Crippen LogP) is 5.54. The molecule has 1 N–H and O–H groups in total. The molecule has 1 amide bonds. The van der Waals surface area contributed by atoms with Crippen LogP contribution in [0.15, 0.2) is 36.4 Å². The second-order valence-electron chi connectivity index (χ2n) is 8.56. The second kappa shape index (κ2) is 7.95. The van der Waals surface area contributed by atoms with Crippen molar-refractivity contribution in [1.82, 2.24) is 9.55 Å². The van der Waals surface area contributed by atoms with E-state index >= 15 is 0 Å². The lowest BCUT2D eigenvalue weighted by Gasteiger charge is -2.30. The summed E-state index contributed by atoms with van der Waals surface area (Å²) in [5.74, 6) is 1.41. The van der Waals surface area contributed by atoms with Gasteiger partial charge in [0.05, 0.1) is 17.6 Å². The van der Waals surface area contributed by atoms with Gasteiger partial charge in [-0.2, -0.15) is 0 Å². The highest BCUT2D eigenvalue weighted by Crippen LogP contribution is 2.30. The van der Waals surface area contributed by atoms with Crippen LogP contribution in [0.3, 0.4) is 0 Å². The molecular formula is C24H27ClN4O. The Kier molecular flexibility index (Phi) is 5.15. The van der Waals surface area contributed by atoms with Gasteiger partial charge >= 0.3 is 0 Å². The molecule has 2 aliphatic rings. The van der Waals surface area contributed by atoms with E-state index in [0.29, 0.717) is 0 Å². The van der Waals surface area contributed by atoms with E-state index in [9.17, 15) is 4.79 Å². The maximum Gasteiger partial charge on any atom is 0.227 e. The molecule has 0 saturated heterocycles. The summed E-state index contributed by atoms with van der Waals surface area (Å²) in [6.07, 6.45) is 5.63. The van der Waals surface area contributed by atoms with E-state index in [2.05, 4.69) is 39.9 Å². The van der Waals surface area contributed by atoms with Crippen molar-refractivity contribution in [2.75, 3.05) is 16.8 Å². The van der Waals surface area contributed by atoms with Crippen molar-refractivity contribution in [2.45, 2.75) is 52.1 Å². The normalized spacial score (nSPS) is 17.2. The highest BCUT2D eigenvalue weighted by Gasteiger charge is 2.23. The second-order valence-corrected chi connectivity index (χ2v) is 8.99. The van der Waals surface area contributed by atoms with Gasteiger partial charge in [0.2, 0.25) is 5.91 Å². The van der Waals surface area contributed by atoms with E-state index in [1.165, 1.54) is 24.9 Å². The fraction of sp³-hybridized carbons (Fsp3) is 0.417. The summed E-state index contributed by atoms with van der Waals surface area (Å²) in [6, 6.07) is 12.2. The third kappa shape index (κ3) is 3.67. The van der Waals surface area contributed by atoms with Gasteiger partial charge in [0.25, 0.3) is 0 Å². The number of fused-ring (bicyclic) bond motifs is 3. The van der Waals surface area contributed by atoms with Crippen molar-refractivity contribution in [3.63, 3.8) is 0 Å². The molecule has 5 rings (SSSR count). The Morgan fingerprint density at radius 3 is 2.73 bits per heavy atom. The minimum Gasteiger partial charge on any atom is -0.362 e. The Bertz CT molecular complexity index is 1100. The summed E-state index contributed by atoms with van der Waals surface area (Å²) in [7, 11) is 0. The Hall–Kier alpha value is -2.53. The van der Waals surface area contributed by atoms with Gasteiger partial charge in [0.15, 0.2) is 0 Å². The number of nitrogens with zero attached hydrogens (tertiary/aromatic N) is 3. The van der Waals surface area contributed by atoms with Gasteiger partial charge in [0.1, 0.15) is 5.82 Å². The molecule has 2 heterocycles. The standard InChI is InChI=1S/C24H27ClN4O/c1-16-13-19(8-9-20(16)27-24(30)17-5-3-2-4-6-17)28-11-12-29-22-10-7-18(25)14-21(22)26-23(29)15-28/h7-10,13-14,17H,2-6,11-12,15H2,1H3,(H,27,30). The number of aromatic nitrogens is 2. The molecular weight excluding hydrogens is 396 g/mol. The number of hydrogen-bond donors (Lipinski definition) is 1. The van der Waals surface area contributed by atoms with Crippen LogP contribution in [0.1, 0.15) is 43.5 Å². The molecule has 2 aromatic carbocycles. The van der Waals surface area contributed by atoms with Gasteiger partial charge in [-0.3, -0.25) is 4.79 Å². The number of benzene rings is 2. The van der Waals surface area contributed by atoms with Gasteiger partial charge in [-0.05, 0) is 61.7 Å². The third-order valence-corrected chi connectivity index (χ3v) is 6.76. The van der Waals surface area contributed by atoms with Crippen molar-refractivity contribution in [3.05, 3.63) is 52.8 Å². The Morgan fingerprint density at radius 1 is 1.10 bits per heavy atom. The molecule has 6 heteroatoms. The summed E-state index contributed by atoms with van der Waals surface area (Å²) in [6.45, 7) is 4.65. The lowest BCUT2D eigenvalue weighted by Crippen LogP contribution is -2.33. The minimum atomic E-state index is 0.168. The monoisotopic (exact) mass is 422 g/mol. The molecule has 1 saturated carbocycles. The zero-order valence-corrected chi connectivity index (χ0v) is 18.1. The topological polar surface area (TPSA) is 50.2 Å². The summed E-state index contributed by atoms with van der Waals surface area (Å²) in [5, 5.41) is 3.88. The number of anilines is 2. The third-order valence-electron chi connectivity index (χ3n) is 6.52. The number of hydrogen-bond acceptors (Lipinski definition) is 3. The highest BCUT2D eigenvalue weighted by molar-refractivity contribution is 6.31. The maximum atomic E-state index is 12.6. The molecule has 156 valence electrons. The number of amides is 1. The molecule has 0 bridgehead atoms. The zero-order chi connectivity index (χ0) is 20.7. The molecule has 0 unspecified atom stereocenters. The predicted molar refractivity (Wildman–Crippen MR) is 122 cm³/mol.